The molecule has 0 unspecified atom stereocenters. The fourth-order valence-corrected chi connectivity index (χ4v) is 5.96. The highest BCUT2D eigenvalue weighted by Gasteiger charge is 2.35. The van der Waals surface area contributed by atoms with E-state index in [0.717, 1.165) is 4.57 Å². The fraction of sp³-hybridized carbons (Fsp3) is 0.429. The summed E-state index contributed by atoms with van der Waals surface area (Å²) in [5, 5.41) is 18.4. The summed E-state index contributed by atoms with van der Waals surface area (Å²) in [4.78, 5) is 43.2. The van der Waals surface area contributed by atoms with Crippen molar-refractivity contribution >= 4 is 27.3 Å². The molecule has 0 N–H and O–H groups in total. The third-order valence-corrected chi connectivity index (χ3v) is 8.15. The smallest absolute Gasteiger partial charge is 0.333 e. The molecule has 0 amide bonds. The highest BCUT2D eigenvalue weighted by atomic mass is 32.1. The number of aryl methyl sites for hydroxylation is 1. The average Bonchev–Trinajstić information content (AvgIpc) is 3.58. The first-order chi connectivity index (χ1) is 19.2. The van der Waals surface area contributed by atoms with Gasteiger partial charge in [0.2, 0.25) is 0 Å². The Hall–Kier alpha value is -4.08. The second-order valence-electron chi connectivity index (χ2n) is 9.81. The number of ether oxygens (including phenoxy) is 2. The molecule has 0 bridgehead atoms. The average molecular weight is 565 g/mol. The minimum atomic E-state index is -1.39. The van der Waals surface area contributed by atoms with Crippen molar-refractivity contribution in [3.63, 3.8) is 0 Å². The number of hydrogen-bond acceptors (Lipinski definition) is 9. The van der Waals surface area contributed by atoms with Gasteiger partial charge in [0.05, 0.1) is 50.5 Å². The lowest BCUT2D eigenvalue weighted by Gasteiger charge is -2.27. The molecule has 3 heterocycles. The molecule has 210 valence electrons. The number of nitrogens with zero attached hydrogens (tertiary/aromatic N) is 6. The summed E-state index contributed by atoms with van der Waals surface area (Å²) in [6.45, 7) is 6.99. The number of Topliss-reactive ketones (excluding diaryl/α,β-unsaturated/α-hetero) is 1. The van der Waals surface area contributed by atoms with Gasteiger partial charge in [-0.15, -0.1) is 4.80 Å². The Bertz CT molecular complexity index is 1680. The number of carbonyl (C=O) groups excluding carboxylic acids is 1. The van der Waals surface area contributed by atoms with Gasteiger partial charge >= 0.3 is 5.69 Å². The number of rotatable bonds is 12. The van der Waals surface area contributed by atoms with Gasteiger partial charge in [0.25, 0.3) is 5.56 Å². The van der Waals surface area contributed by atoms with Crippen LogP contribution in [0.3, 0.4) is 0 Å². The van der Waals surface area contributed by atoms with E-state index in [9.17, 15) is 14.4 Å². The summed E-state index contributed by atoms with van der Waals surface area (Å²) in [6, 6.07) is 9.36. The lowest BCUT2D eigenvalue weighted by atomic mass is 9.95. The summed E-state index contributed by atoms with van der Waals surface area (Å²) >= 11 is 1.21. The van der Waals surface area contributed by atoms with E-state index in [4.69, 9.17) is 14.7 Å². The molecule has 4 aromatic rings. The second-order valence-corrected chi connectivity index (χ2v) is 10.8. The van der Waals surface area contributed by atoms with Crippen molar-refractivity contribution in [3.8, 4) is 16.8 Å². The topological polar surface area (TPSA) is 134 Å². The molecule has 11 nitrogen and oxygen atoms in total. The van der Waals surface area contributed by atoms with Gasteiger partial charge in [-0.3, -0.25) is 14.2 Å². The zero-order valence-corrected chi connectivity index (χ0v) is 24.0. The predicted octanol–water partition coefficient (Wildman–Crippen LogP) is 3.90. The zero-order chi connectivity index (χ0) is 29.0. The molecule has 1 atom stereocenters. The van der Waals surface area contributed by atoms with Crippen LogP contribution in [-0.4, -0.2) is 43.6 Å². The molecular formula is C28H32N6O5S. The molecular weight excluding hydrogens is 532 g/mol. The Morgan fingerprint density at radius 2 is 1.90 bits per heavy atom. The summed E-state index contributed by atoms with van der Waals surface area (Å²) in [7, 11) is 1.55. The molecule has 0 fully saturated rings. The van der Waals surface area contributed by atoms with Gasteiger partial charge in [-0.25, -0.2) is 9.36 Å². The largest absolute Gasteiger partial charge is 0.496 e. The van der Waals surface area contributed by atoms with Crippen LogP contribution < -0.4 is 16.0 Å². The SMILES string of the molecule is CCCC(=O)C(C)(C)n1c(=O)c2c(C)c(-n3nccn3)sc2n(C[C@H](OCCC#N)c2ccccc2OC)c1=O. The number of aromatic nitrogens is 5. The molecule has 3 aromatic heterocycles. The maximum atomic E-state index is 14.2. The van der Waals surface area contributed by atoms with Crippen molar-refractivity contribution in [1.29, 1.82) is 5.26 Å². The monoisotopic (exact) mass is 564 g/mol. The molecule has 0 spiro atoms. The van der Waals surface area contributed by atoms with Gasteiger partial charge in [-0.05, 0) is 33.3 Å². The number of ketones is 1. The number of thiophene rings is 1. The highest BCUT2D eigenvalue weighted by Crippen LogP contribution is 2.34. The van der Waals surface area contributed by atoms with Gasteiger partial charge < -0.3 is 9.47 Å². The van der Waals surface area contributed by atoms with Crippen molar-refractivity contribution in [3.05, 3.63) is 68.6 Å². The molecule has 0 saturated carbocycles. The third kappa shape index (κ3) is 5.22. The lowest BCUT2D eigenvalue weighted by Crippen LogP contribution is -2.52. The van der Waals surface area contributed by atoms with Crippen molar-refractivity contribution < 1.29 is 14.3 Å². The number of methoxy groups -OCH3 is 1. The van der Waals surface area contributed by atoms with E-state index in [0.29, 0.717) is 38.5 Å². The summed E-state index contributed by atoms with van der Waals surface area (Å²) in [6.07, 6.45) is 3.33. The molecule has 4 rings (SSSR count). The van der Waals surface area contributed by atoms with Crippen molar-refractivity contribution in [1.82, 2.24) is 24.1 Å². The first-order valence-corrected chi connectivity index (χ1v) is 13.8. The maximum absolute atomic E-state index is 14.2. The van der Waals surface area contributed by atoms with Crippen LogP contribution in [0.1, 0.15) is 57.3 Å². The van der Waals surface area contributed by atoms with Crippen molar-refractivity contribution in [2.75, 3.05) is 13.7 Å². The van der Waals surface area contributed by atoms with Crippen LogP contribution in [-0.2, 0) is 21.6 Å². The zero-order valence-electron chi connectivity index (χ0n) is 23.2. The van der Waals surface area contributed by atoms with E-state index < -0.39 is 22.9 Å². The Kier molecular flexibility index (Phi) is 8.66. The van der Waals surface area contributed by atoms with Gasteiger partial charge in [-0.1, -0.05) is 36.5 Å². The third-order valence-electron chi connectivity index (χ3n) is 6.87. The standard InChI is InChI=1S/C28H32N6O5S/c1-6-10-22(35)28(3,4)33-24(36)23-18(2)25(34-30-14-15-31-34)40-26(23)32(27(33)37)17-21(39-16-9-13-29)19-11-7-8-12-20(19)38-5/h7-8,11-12,14-15,21H,6,9-10,16-17H2,1-5H3/t21-/m0/s1. The Morgan fingerprint density at radius 1 is 1.20 bits per heavy atom. The van der Waals surface area contributed by atoms with Crippen LogP contribution in [0, 0.1) is 18.3 Å². The number of para-hydroxylation sites is 1. The Labute approximate surface area is 235 Å². The Morgan fingerprint density at radius 3 is 2.55 bits per heavy atom. The number of carbonyl (C=O) groups is 1. The quantitative estimate of drug-likeness (QED) is 0.237. The van der Waals surface area contributed by atoms with E-state index in [-0.39, 0.29) is 31.8 Å². The van der Waals surface area contributed by atoms with E-state index in [2.05, 4.69) is 16.3 Å². The van der Waals surface area contributed by atoms with Crippen LogP contribution in [0.5, 0.6) is 5.75 Å². The molecule has 0 aliphatic carbocycles. The maximum Gasteiger partial charge on any atom is 0.333 e. The van der Waals surface area contributed by atoms with E-state index >= 15 is 0 Å². The molecule has 0 aliphatic rings. The molecule has 0 aliphatic heterocycles. The predicted molar refractivity (Wildman–Crippen MR) is 151 cm³/mol. The van der Waals surface area contributed by atoms with Crippen molar-refractivity contribution in [2.45, 2.75) is 65.1 Å². The Balaban J connectivity index is 2.02. The van der Waals surface area contributed by atoms with Crippen LogP contribution in [0.25, 0.3) is 15.2 Å². The van der Waals surface area contributed by atoms with Gasteiger partial charge in [0.15, 0.2) is 5.78 Å². The van der Waals surface area contributed by atoms with E-state index in [1.54, 1.807) is 33.9 Å². The molecule has 0 radical (unpaired) electrons. The lowest BCUT2D eigenvalue weighted by molar-refractivity contribution is -0.126. The molecule has 12 heteroatoms. The summed E-state index contributed by atoms with van der Waals surface area (Å²) < 4.78 is 14.2. The van der Waals surface area contributed by atoms with Gasteiger partial charge in [-0.2, -0.15) is 15.5 Å². The first kappa shape index (κ1) is 28.9. The summed E-state index contributed by atoms with van der Waals surface area (Å²) in [5.41, 5.74) is -1.28. The van der Waals surface area contributed by atoms with Crippen LogP contribution in [0.4, 0.5) is 0 Å². The molecule has 0 saturated heterocycles. The highest BCUT2D eigenvalue weighted by molar-refractivity contribution is 7.21. The fourth-order valence-electron chi connectivity index (χ4n) is 4.74. The van der Waals surface area contributed by atoms with Crippen LogP contribution in [0.15, 0.2) is 46.2 Å². The van der Waals surface area contributed by atoms with Gasteiger partial charge in [0, 0.05) is 17.5 Å². The van der Waals surface area contributed by atoms with Gasteiger partial charge in [0.1, 0.15) is 27.2 Å². The number of benzene rings is 1. The second kappa shape index (κ2) is 12.0. The van der Waals surface area contributed by atoms with Crippen LogP contribution in [0.2, 0.25) is 0 Å². The number of fused-ring (bicyclic) bond motifs is 1. The van der Waals surface area contributed by atoms with Crippen molar-refractivity contribution in [2.24, 2.45) is 0 Å². The minimum absolute atomic E-state index is 0.00535. The minimum Gasteiger partial charge on any atom is -0.496 e. The van der Waals surface area contributed by atoms with Crippen LogP contribution >= 0.6 is 11.3 Å². The molecule has 1 aromatic carbocycles. The first-order valence-electron chi connectivity index (χ1n) is 13.0. The summed E-state index contributed by atoms with van der Waals surface area (Å²) in [5.74, 6) is 0.345. The number of nitriles is 1. The normalized spacial score (nSPS) is 12.4. The molecule has 40 heavy (non-hydrogen) atoms. The van der Waals surface area contributed by atoms with E-state index in [1.165, 1.54) is 33.1 Å². The number of hydrogen-bond donors (Lipinski definition) is 0. The van der Waals surface area contributed by atoms with E-state index in [1.807, 2.05) is 25.1 Å².